The topological polar surface area (TPSA) is 29.9 Å². The van der Waals surface area contributed by atoms with E-state index in [0.717, 1.165) is 19.5 Å². The molecular formula is C17H19N3. The van der Waals surface area contributed by atoms with Gasteiger partial charge in [-0.3, -0.25) is 4.98 Å². The van der Waals surface area contributed by atoms with Gasteiger partial charge in [0.25, 0.3) is 0 Å². The fraction of sp³-hybridized carbons (Fsp3) is 0.235. The Balaban J connectivity index is 1.88. The van der Waals surface area contributed by atoms with Crippen LogP contribution in [0.1, 0.15) is 11.1 Å². The molecule has 3 aromatic rings. The molecule has 0 aliphatic heterocycles. The van der Waals surface area contributed by atoms with Gasteiger partial charge < -0.3 is 9.88 Å². The van der Waals surface area contributed by atoms with Crippen LogP contribution >= 0.6 is 0 Å². The molecule has 3 nitrogen and oxygen atoms in total. The van der Waals surface area contributed by atoms with Crippen molar-refractivity contribution >= 4 is 10.9 Å². The fourth-order valence-electron chi connectivity index (χ4n) is 2.66. The van der Waals surface area contributed by atoms with Crippen LogP contribution < -0.4 is 5.32 Å². The minimum absolute atomic E-state index is 0.899. The summed E-state index contributed by atoms with van der Waals surface area (Å²) in [6.45, 7) is 1.89. The molecule has 1 aromatic carbocycles. The molecule has 0 amide bonds. The van der Waals surface area contributed by atoms with Crippen LogP contribution in [0, 0.1) is 0 Å². The van der Waals surface area contributed by atoms with Crippen LogP contribution in [-0.4, -0.2) is 16.6 Å². The summed E-state index contributed by atoms with van der Waals surface area (Å²) in [5.41, 5.74) is 4.02. The number of hydrogen-bond donors (Lipinski definition) is 1. The lowest BCUT2D eigenvalue weighted by molar-refractivity contribution is 0.715. The number of aryl methyl sites for hydroxylation is 2. The van der Waals surface area contributed by atoms with Crippen LogP contribution in [0.3, 0.4) is 0 Å². The highest BCUT2D eigenvalue weighted by Gasteiger charge is 2.06. The summed E-state index contributed by atoms with van der Waals surface area (Å²) in [7, 11) is 1.99. The molecule has 0 fully saturated rings. The van der Waals surface area contributed by atoms with Gasteiger partial charge in [0.15, 0.2) is 0 Å². The molecule has 3 heteroatoms. The van der Waals surface area contributed by atoms with Gasteiger partial charge in [0.1, 0.15) is 0 Å². The SMILES string of the molecule is CNCc1cccc2ccn(CCc3ccncc3)c12. The lowest BCUT2D eigenvalue weighted by Gasteiger charge is -2.10. The zero-order valence-corrected chi connectivity index (χ0v) is 11.7. The van der Waals surface area contributed by atoms with E-state index in [-0.39, 0.29) is 0 Å². The molecule has 0 saturated heterocycles. The van der Waals surface area contributed by atoms with Crippen molar-refractivity contribution in [3.8, 4) is 0 Å². The third kappa shape index (κ3) is 2.58. The number of hydrogen-bond acceptors (Lipinski definition) is 2. The standard InChI is InChI=1S/C17H19N3/c1-18-13-16-4-2-3-15-8-12-20(17(15)16)11-7-14-5-9-19-10-6-14/h2-6,8-10,12,18H,7,11,13H2,1H3. The Morgan fingerprint density at radius 1 is 1.10 bits per heavy atom. The van der Waals surface area contributed by atoms with E-state index in [1.807, 2.05) is 19.4 Å². The number of nitrogens with zero attached hydrogens (tertiary/aromatic N) is 2. The van der Waals surface area contributed by atoms with E-state index in [0.29, 0.717) is 0 Å². The van der Waals surface area contributed by atoms with Gasteiger partial charge in [-0.25, -0.2) is 0 Å². The minimum Gasteiger partial charge on any atom is -0.347 e. The summed E-state index contributed by atoms with van der Waals surface area (Å²) in [5.74, 6) is 0. The van der Waals surface area contributed by atoms with E-state index >= 15 is 0 Å². The smallest absolute Gasteiger partial charge is 0.0525 e. The Bertz CT molecular complexity index is 686. The van der Waals surface area contributed by atoms with Gasteiger partial charge in [0.05, 0.1) is 5.52 Å². The van der Waals surface area contributed by atoms with E-state index in [4.69, 9.17) is 0 Å². The maximum absolute atomic E-state index is 4.06. The molecule has 3 rings (SSSR count). The van der Waals surface area contributed by atoms with Crippen LogP contribution in [0.15, 0.2) is 55.0 Å². The molecule has 0 radical (unpaired) electrons. The lowest BCUT2D eigenvalue weighted by atomic mass is 10.1. The third-order valence-corrected chi connectivity index (χ3v) is 3.63. The van der Waals surface area contributed by atoms with Crippen molar-refractivity contribution in [3.05, 3.63) is 66.1 Å². The summed E-state index contributed by atoms with van der Waals surface area (Å²) in [6.07, 6.45) is 6.93. The number of aromatic nitrogens is 2. The van der Waals surface area contributed by atoms with Crippen molar-refractivity contribution in [1.82, 2.24) is 14.9 Å². The fourth-order valence-corrected chi connectivity index (χ4v) is 2.66. The molecule has 102 valence electrons. The molecule has 0 atom stereocenters. The van der Waals surface area contributed by atoms with Gasteiger partial charge in [-0.1, -0.05) is 18.2 Å². The second-order valence-electron chi connectivity index (χ2n) is 5.00. The zero-order chi connectivity index (χ0) is 13.8. The first-order valence-electron chi connectivity index (χ1n) is 6.99. The molecule has 2 heterocycles. The molecule has 0 bridgehead atoms. The van der Waals surface area contributed by atoms with Gasteiger partial charge in [-0.05, 0) is 48.2 Å². The predicted octanol–water partition coefficient (Wildman–Crippen LogP) is 3.00. The first-order chi connectivity index (χ1) is 9.88. The highest BCUT2D eigenvalue weighted by Crippen LogP contribution is 2.20. The summed E-state index contributed by atoms with van der Waals surface area (Å²) in [6, 6.07) is 12.9. The quantitative estimate of drug-likeness (QED) is 0.768. The largest absolute Gasteiger partial charge is 0.347 e. The molecule has 0 spiro atoms. The van der Waals surface area contributed by atoms with Crippen molar-refractivity contribution in [3.63, 3.8) is 0 Å². The first-order valence-corrected chi connectivity index (χ1v) is 6.99. The molecule has 0 unspecified atom stereocenters. The molecule has 0 aliphatic carbocycles. The number of fused-ring (bicyclic) bond motifs is 1. The van der Waals surface area contributed by atoms with Crippen molar-refractivity contribution in [2.45, 2.75) is 19.5 Å². The maximum atomic E-state index is 4.06. The highest BCUT2D eigenvalue weighted by atomic mass is 15.0. The van der Waals surface area contributed by atoms with E-state index in [2.05, 4.69) is 57.5 Å². The Kier molecular flexibility index (Phi) is 3.79. The molecule has 2 aromatic heterocycles. The first kappa shape index (κ1) is 12.9. The number of pyridine rings is 1. The number of rotatable bonds is 5. The monoisotopic (exact) mass is 265 g/mol. The summed E-state index contributed by atoms with van der Waals surface area (Å²) in [4.78, 5) is 4.06. The summed E-state index contributed by atoms with van der Waals surface area (Å²) >= 11 is 0. The van der Waals surface area contributed by atoms with Crippen LogP contribution in [-0.2, 0) is 19.5 Å². The molecular weight excluding hydrogens is 246 g/mol. The minimum atomic E-state index is 0.899. The molecule has 20 heavy (non-hydrogen) atoms. The van der Waals surface area contributed by atoms with Crippen molar-refractivity contribution < 1.29 is 0 Å². The van der Waals surface area contributed by atoms with E-state index in [1.54, 1.807) is 0 Å². The number of benzene rings is 1. The van der Waals surface area contributed by atoms with Gasteiger partial charge in [0.2, 0.25) is 0 Å². The Labute approximate surface area is 119 Å². The second kappa shape index (κ2) is 5.88. The number of para-hydroxylation sites is 1. The maximum Gasteiger partial charge on any atom is 0.0525 e. The zero-order valence-electron chi connectivity index (χ0n) is 11.7. The van der Waals surface area contributed by atoms with Gasteiger partial charge in [0, 0.05) is 31.7 Å². The van der Waals surface area contributed by atoms with Gasteiger partial charge in [-0.15, -0.1) is 0 Å². The van der Waals surface area contributed by atoms with Gasteiger partial charge in [-0.2, -0.15) is 0 Å². The average Bonchev–Trinajstić information content (AvgIpc) is 2.91. The summed E-state index contributed by atoms with van der Waals surface area (Å²) in [5, 5.41) is 4.56. The molecule has 1 N–H and O–H groups in total. The number of nitrogens with one attached hydrogen (secondary N) is 1. The van der Waals surface area contributed by atoms with Crippen LogP contribution in [0.2, 0.25) is 0 Å². The third-order valence-electron chi connectivity index (χ3n) is 3.63. The lowest BCUT2D eigenvalue weighted by Crippen LogP contribution is -2.08. The highest BCUT2D eigenvalue weighted by molar-refractivity contribution is 5.83. The van der Waals surface area contributed by atoms with Crippen LogP contribution in [0.5, 0.6) is 0 Å². The summed E-state index contributed by atoms with van der Waals surface area (Å²) < 4.78 is 2.35. The molecule has 0 saturated carbocycles. The van der Waals surface area contributed by atoms with Gasteiger partial charge >= 0.3 is 0 Å². The normalized spacial score (nSPS) is 11.1. The molecule has 0 aliphatic rings. The van der Waals surface area contributed by atoms with Crippen LogP contribution in [0.4, 0.5) is 0 Å². The van der Waals surface area contributed by atoms with Crippen molar-refractivity contribution in [2.75, 3.05) is 7.05 Å². The van der Waals surface area contributed by atoms with E-state index in [1.165, 1.54) is 22.0 Å². The Hall–Kier alpha value is -2.13. The van der Waals surface area contributed by atoms with E-state index < -0.39 is 0 Å². The Morgan fingerprint density at radius 2 is 1.95 bits per heavy atom. The van der Waals surface area contributed by atoms with Crippen molar-refractivity contribution in [2.24, 2.45) is 0 Å². The Morgan fingerprint density at radius 3 is 2.75 bits per heavy atom. The van der Waals surface area contributed by atoms with E-state index in [9.17, 15) is 0 Å². The second-order valence-corrected chi connectivity index (χ2v) is 5.00. The van der Waals surface area contributed by atoms with Crippen molar-refractivity contribution in [1.29, 1.82) is 0 Å². The van der Waals surface area contributed by atoms with Crippen LogP contribution in [0.25, 0.3) is 10.9 Å². The average molecular weight is 265 g/mol. The predicted molar refractivity (Wildman–Crippen MR) is 82.6 cm³/mol.